The minimum atomic E-state index is 0.550. The Labute approximate surface area is 328 Å². The second kappa shape index (κ2) is 13.1. The molecule has 0 aliphatic rings. The molecule has 0 aliphatic heterocycles. The number of allylic oxidation sites excluding steroid dienone is 2. The van der Waals surface area contributed by atoms with Gasteiger partial charge in [-0.05, 0) is 89.8 Å². The number of aryl methyl sites for hydroxylation is 1. The number of para-hydroxylation sites is 3. The second-order valence-electron chi connectivity index (χ2n) is 14.0. The van der Waals surface area contributed by atoms with Crippen LogP contribution in [0.3, 0.4) is 0 Å². The van der Waals surface area contributed by atoms with Crippen molar-refractivity contribution in [2.24, 2.45) is 0 Å². The molecule has 0 unspecified atom stereocenters. The minimum Gasteiger partial charge on any atom is -0.309 e. The highest BCUT2D eigenvalue weighted by molar-refractivity contribution is 7.19. The highest BCUT2D eigenvalue weighted by Gasteiger charge is 2.21. The number of rotatable bonds is 6. The number of aromatic nitrogens is 2. The molecule has 0 saturated heterocycles. The molecular weight excluding hydrogens is 701 g/mol. The second-order valence-corrected chi connectivity index (χ2v) is 15.3. The van der Waals surface area contributed by atoms with E-state index in [0.717, 1.165) is 55.7 Å². The van der Waals surface area contributed by atoms with E-state index in [1.165, 1.54) is 42.1 Å². The Hall–Kier alpha value is -7.44. The highest BCUT2D eigenvalue weighted by Crippen LogP contribution is 2.42. The Morgan fingerprint density at radius 3 is 1.93 bits per heavy atom. The predicted octanol–water partition coefficient (Wildman–Crippen LogP) is 13.7. The Morgan fingerprint density at radius 1 is 0.571 bits per heavy atom. The monoisotopic (exact) mass is 732 g/mol. The molecule has 0 saturated carbocycles. The van der Waals surface area contributed by atoms with E-state index >= 15 is 0 Å². The zero-order valence-corrected chi connectivity index (χ0v) is 31.3. The molecule has 0 atom stereocenters. The number of thiophene rings is 1. The number of hydrogen-bond acceptors (Lipinski definition) is 3. The minimum absolute atomic E-state index is 0.550. The number of nitrogens with zero attached hydrogens (tertiary/aromatic N) is 4. The summed E-state index contributed by atoms with van der Waals surface area (Å²) >= 11 is 1.83. The van der Waals surface area contributed by atoms with Crippen LogP contribution in [0.5, 0.6) is 0 Å². The van der Waals surface area contributed by atoms with Crippen molar-refractivity contribution in [1.29, 1.82) is 10.5 Å². The van der Waals surface area contributed by atoms with Crippen molar-refractivity contribution < 1.29 is 0 Å². The topological polar surface area (TPSA) is 57.4 Å². The van der Waals surface area contributed by atoms with Gasteiger partial charge in [-0.15, -0.1) is 11.3 Å². The zero-order valence-electron chi connectivity index (χ0n) is 30.5. The van der Waals surface area contributed by atoms with Crippen LogP contribution in [0.4, 0.5) is 0 Å². The highest BCUT2D eigenvalue weighted by atomic mass is 32.1. The lowest BCUT2D eigenvalue weighted by molar-refractivity contribution is 1.14. The molecule has 10 rings (SSSR count). The molecule has 4 nitrogen and oxygen atoms in total. The Kier molecular flexibility index (Phi) is 7.78. The number of hydrogen-bond donors (Lipinski definition) is 0. The molecule has 7 aromatic carbocycles. The van der Waals surface area contributed by atoms with Crippen LogP contribution in [-0.4, -0.2) is 9.13 Å². The van der Waals surface area contributed by atoms with E-state index in [9.17, 15) is 10.5 Å². The van der Waals surface area contributed by atoms with Gasteiger partial charge in [-0.1, -0.05) is 110 Å². The zero-order chi connectivity index (χ0) is 37.9. The number of nitriles is 2. The molecule has 0 spiro atoms. The summed E-state index contributed by atoms with van der Waals surface area (Å²) in [7, 11) is 0. The maximum Gasteiger partial charge on any atom is 0.0998 e. The Balaban J connectivity index is 1.27. The lowest BCUT2D eigenvalue weighted by Crippen LogP contribution is -2.01. The summed E-state index contributed by atoms with van der Waals surface area (Å²) in [6.07, 6.45) is 6.00. The first kappa shape index (κ1) is 33.2. The first-order chi connectivity index (χ1) is 27.6. The molecule has 3 aromatic heterocycles. The van der Waals surface area contributed by atoms with Crippen LogP contribution in [0.25, 0.3) is 93.4 Å². The molecule has 262 valence electrons. The van der Waals surface area contributed by atoms with Gasteiger partial charge in [-0.3, -0.25) is 0 Å². The van der Waals surface area contributed by atoms with Crippen LogP contribution in [0, 0.1) is 29.6 Å². The van der Waals surface area contributed by atoms with Gasteiger partial charge in [0.2, 0.25) is 0 Å². The fourth-order valence-electron chi connectivity index (χ4n) is 8.43. The summed E-state index contributed by atoms with van der Waals surface area (Å²) in [5.41, 5.74) is 12.4. The fraction of sp³-hybridized carbons (Fsp3) is 0.0196. The summed E-state index contributed by atoms with van der Waals surface area (Å²) in [5, 5.41) is 26.1. The van der Waals surface area contributed by atoms with Gasteiger partial charge >= 0.3 is 0 Å². The van der Waals surface area contributed by atoms with Gasteiger partial charge < -0.3 is 9.13 Å². The average molecular weight is 733 g/mol. The molecule has 0 bridgehead atoms. The molecule has 56 heavy (non-hydrogen) atoms. The van der Waals surface area contributed by atoms with Crippen molar-refractivity contribution >= 4 is 71.1 Å². The predicted molar refractivity (Wildman–Crippen MR) is 235 cm³/mol. The van der Waals surface area contributed by atoms with Crippen LogP contribution in [-0.2, 0) is 0 Å². The van der Waals surface area contributed by atoms with E-state index in [-0.39, 0.29) is 0 Å². The Bertz CT molecular complexity index is 3320. The maximum absolute atomic E-state index is 10.5. The summed E-state index contributed by atoms with van der Waals surface area (Å²) in [6.45, 7) is 6.11. The summed E-state index contributed by atoms with van der Waals surface area (Å²) < 4.78 is 6.02. The summed E-state index contributed by atoms with van der Waals surface area (Å²) in [6, 6.07) is 55.4. The largest absolute Gasteiger partial charge is 0.309 e. The van der Waals surface area contributed by atoms with Gasteiger partial charge in [-0.25, -0.2) is 0 Å². The van der Waals surface area contributed by atoms with E-state index in [1.54, 1.807) is 6.07 Å². The first-order valence-corrected chi connectivity index (χ1v) is 19.3. The molecule has 0 amide bonds. The Morgan fingerprint density at radius 2 is 1.23 bits per heavy atom. The van der Waals surface area contributed by atoms with Crippen molar-refractivity contribution in [2.45, 2.75) is 6.92 Å². The molecule has 3 heterocycles. The number of fused-ring (bicyclic) bond motifs is 7. The van der Waals surface area contributed by atoms with Gasteiger partial charge in [0.25, 0.3) is 0 Å². The van der Waals surface area contributed by atoms with Gasteiger partial charge in [0.15, 0.2) is 0 Å². The molecule has 0 N–H and O–H groups in total. The summed E-state index contributed by atoms with van der Waals surface area (Å²) in [5.74, 6) is 0. The van der Waals surface area contributed by atoms with Crippen LogP contribution in [0.15, 0.2) is 164 Å². The first-order valence-electron chi connectivity index (χ1n) is 18.5. The molecule has 5 heteroatoms. The smallest absolute Gasteiger partial charge is 0.0998 e. The van der Waals surface area contributed by atoms with Crippen molar-refractivity contribution in [3.8, 4) is 45.8 Å². The van der Waals surface area contributed by atoms with Crippen LogP contribution in [0.1, 0.15) is 21.6 Å². The maximum atomic E-state index is 10.5. The van der Waals surface area contributed by atoms with Gasteiger partial charge in [0.05, 0.1) is 51.0 Å². The van der Waals surface area contributed by atoms with E-state index in [0.29, 0.717) is 11.1 Å². The van der Waals surface area contributed by atoms with Crippen LogP contribution < -0.4 is 0 Å². The van der Waals surface area contributed by atoms with Crippen molar-refractivity contribution in [3.63, 3.8) is 0 Å². The summed E-state index contributed by atoms with van der Waals surface area (Å²) in [4.78, 5) is 1.28. The fourth-order valence-corrected chi connectivity index (χ4v) is 9.51. The average Bonchev–Trinajstić information content (AvgIpc) is 3.87. The SMILES string of the molecule is C=C/C=C\c1c(C)sc2cc3c4ccccc4n(-c4ccc(-c5ccc(-c6cccc(C#N)c6)c(C#N)c5)c(-n5c6ccccc6c6ccccc65)c4)c3cc12. The molecule has 0 fully saturated rings. The quantitative estimate of drug-likeness (QED) is 0.160. The van der Waals surface area contributed by atoms with Crippen molar-refractivity contribution in [1.82, 2.24) is 9.13 Å². The third-order valence-corrected chi connectivity index (χ3v) is 12.0. The van der Waals surface area contributed by atoms with Gasteiger partial charge in [0, 0.05) is 47.8 Å². The molecule has 0 aliphatic carbocycles. The van der Waals surface area contributed by atoms with E-state index in [4.69, 9.17) is 0 Å². The van der Waals surface area contributed by atoms with Gasteiger partial charge in [0.1, 0.15) is 0 Å². The van der Waals surface area contributed by atoms with Crippen LogP contribution in [0.2, 0.25) is 0 Å². The van der Waals surface area contributed by atoms with E-state index in [1.807, 2.05) is 53.8 Å². The van der Waals surface area contributed by atoms with Gasteiger partial charge in [-0.2, -0.15) is 10.5 Å². The molecular formula is C51H32N4S. The van der Waals surface area contributed by atoms with Crippen molar-refractivity contribution in [3.05, 3.63) is 186 Å². The lowest BCUT2D eigenvalue weighted by atomic mass is 9.94. The van der Waals surface area contributed by atoms with E-state index < -0.39 is 0 Å². The normalized spacial score (nSPS) is 11.6. The van der Waals surface area contributed by atoms with Crippen LogP contribution >= 0.6 is 11.3 Å². The lowest BCUT2D eigenvalue weighted by Gasteiger charge is -2.18. The number of benzene rings is 7. The third-order valence-electron chi connectivity index (χ3n) is 10.9. The standard InChI is InChI=1S/C51H32N4S/c1-3-4-14-38-32(2)56-51-29-44-43-17-7-8-18-46(43)54(50(44)28-45(38)51)37-22-24-40(35-21-23-39(36(26-35)31-53)34-13-11-12-33(25-34)30-52)49(27-37)55-47-19-9-5-15-41(47)42-16-6-10-20-48(42)55/h3-29H,1H2,2H3/b14-4-. The molecule has 10 aromatic rings. The van der Waals surface area contributed by atoms with Crippen molar-refractivity contribution in [2.75, 3.05) is 0 Å². The third kappa shape index (κ3) is 5.11. The van der Waals surface area contributed by atoms with E-state index in [2.05, 4.69) is 150 Å². The molecule has 0 radical (unpaired) electrons.